The monoisotopic (exact) mass is 251 g/mol. The van der Waals surface area contributed by atoms with Crippen molar-refractivity contribution in [2.45, 2.75) is 32.2 Å². The molecule has 1 fully saturated rings. The lowest BCUT2D eigenvalue weighted by molar-refractivity contribution is -0.121. The van der Waals surface area contributed by atoms with Crippen molar-refractivity contribution in [3.8, 4) is 0 Å². The Kier molecular flexibility index (Phi) is 5.20. The number of aromatic nitrogens is 2. The number of hydrogen-bond donors (Lipinski definition) is 1. The van der Waals surface area contributed by atoms with E-state index in [0.717, 1.165) is 32.6 Å². The summed E-state index contributed by atoms with van der Waals surface area (Å²) in [7, 11) is 0. The quantitative estimate of drug-likeness (QED) is 0.826. The maximum Gasteiger partial charge on any atom is 0.221 e. The molecule has 1 unspecified atom stereocenters. The lowest BCUT2D eigenvalue weighted by atomic mass is 9.99. The molecule has 1 aromatic rings. The summed E-state index contributed by atoms with van der Waals surface area (Å²) in [6.45, 7) is 3.20. The first-order valence-electron chi connectivity index (χ1n) is 6.65. The number of carbonyl (C=O) groups is 1. The summed E-state index contributed by atoms with van der Waals surface area (Å²) in [4.78, 5) is 15.5. The average molecular weight is 251 g/mol. The Labute approximate surface area is 108 Å². The van der Waals surface area contributed by atoms with E-state index in [2.05, 4.69) is 10.3 Å². The van der Waals surface area contributed by atoms with Crippen LogP contribution in [0, 0.1) is 5.92 Å². The molecule has 1 amide bonds. The molecule has 0 spiro atoms. The molecule has 100 valence electrons. The zero-order valence-electron chi connectivity index (χ0n) is 10.7. The molecule has 0 aromatic carbocycles. The van der Waals surface area contributed by atoms with Crippen LogP contribution < -0.4 is 5.32 Å². The first kappa shape index (κ1) is 13.1. The van der Waals surface area contributed by atoms with Crippen LogP contribution >= 0.6 is 0 Å². The second-order valence-electron chi connectivity index (χ2n) is 4.77. The minimum atomic E-state index is 0.112. The second-order valence-corrected chi connectivity index (χ2v) is 4.77. The third-order valence-corrected chi connectivity index (χ3v) is 3.29. The Balaban J connectivity index is 1.54. The van der Waals surface area contributed by atoms with Gasteiger partial charge in [0.1, 0.15) is 0 Å². The first-order valence-corrected chi connectivity index (χ1v) is 6.65. The molecule has 0 saturated carbocycles. The predicted molar refractivity (Wildman–Crippen MR) is 68.0 cm³/mol. The number of carbonyl (C=O) groups excluding carboxylic acids is 1. The van der Waals surface area contributed by atoms with E-state index in [-0.39, 0.29) is 5.91 Å². The van der Waals surface area contributed by atoms with Gasteiger partial charge >= 0.3 is 0 Å². The Morgan fingerprint density at radius 1 is 1.56 bits per heavy atom. The Morgan fingerprint density at radius 2 is 2.50 bits per heavy atom. The van der Waals surface area contributed by atoms with Crippen LogP contribution in [0.1, 0.15) is 25.7 Å². The first-order chi connectivity index (χ1) is 8.84. The summed E-state index contributed by atoms with van der Waals surface area (Å²) < 4.78 is 7.32. The van der Waals surface area contributed by atoms with Gasteiger partial charge in [0.25, 0.3) is 0 Å². The maximum atomic E-state index is 11.6. The second kappa shape index (κ2) is 7.16. The molecule has 0 bridgehead atoms. The van der Waals surface area contributed by atoms with E-state index in [1.54, 1.807) is 12.5 Å². The lowest BCUT2D eigenvalue weighted by Gasteiger charge is -2.21. The molecule has 5 nitrogen and oxygen atoms in total. The topological polar surface area (TPSA) is 56.2 Å². The fourth-order valence-corrected chi connectivity index (χ4v) is 2.19. The zero-order chi connectivity index (χ0) is 12.6. The van der Waals surface area contributed by atoms with Gasteiger partial charge in [-0.1, -0.05) is 0 Å². The van der Waals surface area contributed by atoms with Gasteiger partial charge in [-0.25, -0.2) is 4.98 Å². The molecule has 2 heterocycles. The molecule has 0 radical (unpaired) electrons. The van der Waals surface area contributed by atoms with Gasteiger partial charge in [-0.05, 0) is 25.2 Å². The van der Waals surface area contributed by atoms with Crippen LogP contribution in [-0.2, 0) is 16.1 Å². The Hall–Kier alpha value is -1.36. The summed E-state index contributed by atoms with van der Waals surface area (Å²) in [6.07, 6.45) is 9.23. The smallest absolute Gasteiger partial charge is 0.221 e. The zero-order valence-corrected chi connectivity index (χ0v) is 10.7. The standard InChI is InChI=1S/C13H21N3O2/c17-13(4-7-16-8-6-14-11-16)15-5-3-12-2-1-9-18-10-12/h6,8,11-12H,1-5,7,9-10H2,(H,15,17). The summed E-state index contributed by atoms with van der Waals surface area (Å²) in [6, 6.07) is 0. The SMILES string of the molecule is O=C(CCn1ccnc1)NCCC1CCCOC1. The normalized spacial score (nSPS) is 19.7. The van der Waals surface area contributed by atoms with Gasteiger partial charge < -0.3 is 14.6 Å². The number of imidazole rings is 1. The van der Waals surface area contributed by atoms with Crippen molar-refractivity contribution in [3.63, 3.8) is 0 Å². The van der Waals surface area contributed by atoms with Gasteiger partial charge in [0, 0.05) is 45.1 Å². The average Bonchev–Trinajstić information content (AvgIpc) is 2.91. The molecule has 1 aromatic heterocycles. The molecule has 1 N–H and O–H groups in total. The van der Waals surface area contributed by atoms with E-state index in [0.29, 0.717) is 18.9 Å². The van der Waals surface area contributed by atoms with E-state index in [4.69, 9.17) is 4.74 Å². The summed E-state index contributed by atoms with van der Waals surface area (Å²) >= 11 is 0. The van der Waals surface area contributed by atoms with Crippen LogP contribution in [0.2, 0.25) is 0 Å². The molecule has 18 heavy (non-hydrogen) atoms. The van der Waals surface area contributed by atoms with E-state index >= 15 is 0 Å². The Morgan fingerprint density at radius 3 is 3.22 bits per heavy atom. The van der Waals surface area contributed by atoms with Crippen LogP contribution in [0.3, 0.4) is 0 Å². The number of aryl methyl sites for hydroxylation is 1. The Bertz CT molecular complexity index is 345. The minimum Gasteiger partial charge on any atom is -0.381 e. The van der Waals surface area contributed by atoms with Crippen molar-refractivity contribution in [1.29, 1.82) is 0 Å². The molecule has 1 aliphatic rings. The largest absolute Gasteiger partial charge is 0.381 e. The van der Waals surface area contributed by atoms with Crippen LogP contribution in [0.5, 0.6) is 0 Å². The minimum absolute atomic E-state index is 0.112. The molecule has 2 rings (SSSR count). The van der Waals surface area contributed by atoms with Gasteiger partial charge in [0.15, 0.2) is 0 Å². The number of nitrogens with zero attached hydrogens (tertiary/aromatic N) is 2. The lowest BCUT2D eigenvalue weighted by Crippen LogP contribution is -2.28. The number of rotatable bonds is 6. The fourth-order valence-electron chi connectivity index (χ4n) is 2.19. The summed E-state index contributed by atoms with van der Waals surface area (Å²) in [5.74, 6) is 0.730. The van der Waals surface area contributed by atoms with Crippen molar-refractivity contribution in [2.75, 3.05) is 19.8 Å². The summed E-state index contributed by atoms with van der Waals surface area (Å²) in [5.41, 5.74) is 0. The maximum absolute atomic E-state index is 11.6. The molecule has 1 aliphatic heterocycles. The number of ether oxygens (including phenoxy) is 1. The number of nitrogens with one attached hydrogen (secondary N) is 1. The van der Waals surface area contributed by atoms with Crippen molar-refractivity contribution >= 4 is 5.91 Å². The molecule has 0 aliphatic carbocycles. The molecular formula is C13H21N3O2. The van der Waals surface area contributed by atoms with E-state index in [1.165, 1.54) is 6.42 Å². The van der Waals surface area contributed by atoms with Crippen molar-refractivity contribution in [1.82, 2.24) is 14.9 Å². The van der Waals surface area contributed by atoms with Gasteiger partial charge in [0.05, 0.1) is 6.33 Å². The third kappa shape index (κ3) is 4.49. The summed E-state index contributed by atoms with van der Waals surface area (Å²) in [5, 5.41) is 2.96. The van der Waals surface area contributed by atoms with Gasteiger partial charge in [-0.15, -0.1) is 0 Å². The molecule has 1 atom stereocenters. The van der Waals surface area contributed by atoms with Crippen LogP contribution in [-0.4, -0.2) is 35.2 Å². The number of hydrogen-bond acceptors (Lipinski definition) is 3. The third-order valence-electron chi connectivity index (χ3n) is 3.29. The molecule has 1 saturated heterocycles. The highest BCUT2D eigenvalue weighted by Crippen LogP contribution is 2.16. The van der Waals surface area contributed by atoms with E-state index in [1.807, 2.05) is 10.8 Å². The van der Waals surface area contributed by atoms with Crippen LogP contribution in [0.15, 0.2) is 18.7 Å². The van der Waals surface area contributed by atoms with Crippen LogP contribution in [0.25, 0.3) is 0 Å². The van der Waals surface area contributed by atoms with Gasteiger partial charge in [-0.3, -0.25) is 4.79 Å². The van der Waals surface area contributed by atoms with Gasteiger partial charge in [0.2, 0.25) is 5.91 Å². The van der Waals surface area contributed by atoms with Crippen molar-refractivity contribution in [3.05, 3.63) is 18.7 Å². The van der Waals surface area contributed by atoms with E-state index in [9.17, 15) is 4.79 Å². The van der Waals surface area contributed by atoms with E-state index < -0.39 is 0 Å². The van der Waals surface area contributed by atoms with Crippen LogP contribution in [0.4, 0.5) is 0 Å². The number of amides is 1. The highest BCUT2D eigenvalue weighted by Gasteiger charge is 2.13. The highest BCUT2D eigenvalue weighted by atomic mass is 16.5. The molecule has 5 heteroatoms. The van der Waals surface area contributed by atoms with Crippen molar-refractivity contribution < 1.29 is 9.53 Å². The predicted octanol–water partition coefficient (Wildman–Crippen LogP) is 1.21. The van der Waals surface area contributed by atoms with Crippen molar-refractivity contribution in [2.24, 2.45) is 5.92 Å². The van der Waals surface area contributed by atoms with Gasteiger partial charge in [-0.2, -0.15) is 0 Å². The molecular weight excluding hydrogens is 230 g/mol. The highest BCUT2D eigenvalue weighted by molar-refractivity contribution is 5.75. The fraction of sp³-hybridized carbons (Fsp3) is 0.692.